The van der Waals surface area contributed by atoms with Crippen LogP contribution in [-0.4, -0.2) is 39.3 Å². The lowest BCUT2D eigenvalue weighted by Crippen LogP contribution is -2.28. The van der Waals surface area contributed by atoms with Crippen molar-refractivity contribution >= 4 is 38.9 Å². The number of halogens is 1. The summed E-state index contributed by atoms with van der Waals surface area (Å²) in [6.45, 7) is 0.0229. The van der Waals surface area contributed by atoms with Gasteiger partial charge in [-0.25, -0.2) is 12.7 Å². The molecule has 0 aliphatic rings. The summed E-state index contributed by atoms with van der Waals surface area (Å²) in [5.74, 6) is 0.0885. The number of thiophene rings is 1. The zero-order valence-electron chi connectivity index (χ0n) is 16.5. The molecule has 0 aliphatic carbocycles. The minimum absolute atomic E-state index is 0.196. The van der Waals surface area contributed by atoms with E-state index in [2.05, 4.69) is 5.32 Å². The number of carbonyl (C=O) groups is 1. The van der Waals surface area contributed by atoms with Crippen LogP contribution in [0.5, 0.6) is 5.75 Å². The van der Waals surface area contributed by atoms with Crippen LogP contribution in [-0.2, 0) is 21.4 Å². The van der Waals surface area contributed by atoms with Crippen LogP contribution in [0.15, 0.2) is 64.9 Å². The van der Waals surface area contributed by atoms with Crippen molar-refractivity contribution in [1.29, 1.82) is 0 Å². The van der Waals surface area contributed by atoms with E-state index in [1.807, 2.05) is 36.4 Å². The molecule has 1 heterocycles. The van der Waals surface area contributed by atoms with Crippen LogP contribution in [0, 0.1) is 0 Å². The largest absolute Gasteiger partial charge is 0.482 e. The van der Waals surface area contributed by atoms with E-state index in [1.165, 1.54) is 20.2 Å². The Hall–Kier alpha value is -2.39. The minimum Gasteiger partial charge on any atom is -0.482 e. The van der Waals surface area contributed by atoms with Gasteiger partial charge in [-0.2, -0.15) is 0 Å². The van der Waals surface area contributed by atoms with Crippen molar-refractivity contribution < 1.29 is 17.9 Å². The Morgan fingerprint density at radius 2 is 1.80 bits per heavy atom. The second-order valence-electron chi connectivity index (χ2n) is 6.58. The molecule has 0 bridgehead atoms. The van der Waals surface area contributed by atoms with Gasteiger partial charge in [-0.15, -0.1) is 11.3 Å². The summed E-state index contributed by atoms with van der Waals surface area (Å²) in [5, 5.41) is 3.13. The molecule has 158 valence electrons. The first-order chi connectivity index (χ1) is 14.3. The maximum Gasteiger partial charge on any atom is 0.258 e. The van der Waals surface area contributed by atoms with Crippen LogP contribution in [0.25, 0.3) is 11.1 Å². The van der Waals surface area contributed by atoms with Gasteiger partial charge in [0.2, 0.25) is 0 Å². The first kappa shape index (κ1) is 22.3. The maximum atomic E-state index is 12.1. The zero-order chi connectivity index (χ0) is 21.7. The average molecular weight is 465 g/mol. The van der Waals surface area contributed by atoms with E-state index in [1.54, 1.807) is 18.2 Å². The minimum atomic E-state index is -3.47. The molecular formula is C21H21ClN2O4S2. The summed E-state index contributed by atoms with van der Waals surface area (Å²) in [6, 6.07) is 18.4. The molecular weight excluding hydrogens is 444 g/mol. The second kappa shape index (κ2) is 9.61. The molecule has 3 rings (SSSR count). The standard InChI is InChI=1S/C21H21ClN2O4S2/c1-24(2)30(26,27)21-11-9-17(29-21)13-23-20(25)14-28-19-10-8-16(12-18(19)22)15-6-4-3-5-7-15/h3-12H,13-14H2,1-2H3,(H,23,25). The lowest BCUT2D eigenvalue weighted by Gasteiger charge is -2.10. The van der Waals surface area contributed by atoms with Gasteiger partial charge in [0.15, 0.2) is 6.61 Å². The number of benzene rings is 2. The van der Waals surface area contributed by atoms with Gasteiger partial charge in [0.05, 0.1) is 11.6 Å². The van der Waals surface area contributed by atoms with Crippen LogP contribution < -0.4 is 10.1 Å². The van der Waals surface area contributed by atoms with E-state index >= 15 is 0 Å². The van der Waals surface area contributed by atoms with Crippen LogP contribution in [0.2, 0.25) is 5.02 Å². The summed E-state index contributed by atoms with van der Waals surface area (Å²) in [6.07, 6.45) is 0. The molecule has 6 nitrogen and oxygen atoms in total. The molecule has 0 atom stereocenters. The van der Waals surface area contributed by atoms with E-state index in [9.17, 15) is 13.2 Å². The van der Waals surface area contributed by atoms with Gasteiger partial charge in [0, 0.05) is 19.0 Å². The summed E-state index contributed by atoms with van der Waals surface area (Å²) in [5.41, 5.74) is 1.99. The molecule has 1 amide bonds. The number of hydrogen-bond acceptors (Lipinski definition) is 5. The predicted molar refractivity (Wildman–Crippen MR) is 119 cm³/mol. The Labute approximate surface area is 185 Å². The van der Waals surface area contributed by atoms with E-state index in [0.29, 0.717) is 10.8 Å². The normalized spacial score (nSPS) is 11.5. The number of amides is 1. The molecule has 0 aliphatic heterocycles. The molecule has 0 spiro atoms. The maximum absolute atomic E-state index is 12.1. The van der Waals surface area contributed by atoms with E-state index in [0.717, 1.165) is 31.6 Å². The van der Waals surface area contributed by atoms with Crippen molar-refractivity contribution in [2.75, 3.05) is 20.7 Å². The van der Waals surface area contributed by atoms with Crippen molar-refractivity contribution in [3.05, 3.63) is 70.6 Å². The monoisotopic (exact) mass is 464 g/mol. The Bertz CT molecular complexity index is 1130. The lowest BCUT2D eigenvalue weighted by atomic mass is 10.1. The van der Waals surface area contributed by atoms with Gasteiger partial charge < -0.3 is 10.1 Å². The molecule has 30 heavy (non-hydrogen) atoms. The van der Waals surface area contributed by atoms with Gasteiger partial charge >= 0.3 is 0 Å². The molecule has 0 saturated carbocycles. The molecule has 0 saturated heterocycles. The molecule has 2 aromatic carbocycles. The zero-order valence-corrected chi connectivity index (χ0v) is 18.9. The van der Waals surface area contributed by atoms with Crippen LogP contribution >= 0.6 is 22.9 Å². The van der Waals surface area contributed by atoms with E-state index < -0.39 is 10.0 Å². The SMILES string of the molecule is CN(C)S(=O)(=O)c1ccc(CNC(=O)COc2ccc(-c3ccccc3)cc2Cl)s1. The highest BCUT2D eigenvalue weighted by atomic mass is 35.5. The highest BCUT2D eigenvalue weighted by molar-refractivity contribution is 7.91. The number of hydrogen-bond donors (Lipinski definition) is 1. The Morgan fingerprint density at radius 1 is 1.07 bits per heavy atom. The lowest BCUT2D eigenvalue weighted by molar-refractivity contribution is -0.123. The molecule has 1 aromatic heterocycles. The summed E-state index contributed by atoms with van der Waals surface area (Å²) in [4.78, 5) is 12.8. The Kier molecular flexibility index (Phi) is 7.14. The number of nitrogens with zero attached hydrogens (tertiary/aromatic N) is 1. The summed E-state index contributed by atoms with van der Waals surface area (Å²) >= 11 is 7.41. The Morgan fingerprint density at radius 3 is 2.47 bits per heavy atom. The topological polar surface area (TPSA) is 75.7 Å². The number of nitrogens with one attached hydrogen (secondary N) is 1. The molecule has 0 radical (unpaired) electrons. The van der Waals surface area contributed by atoms with Crippen molar-refractivity contribution in [2.24, 2.45) is 0 Å². The third kappa shape index (κ3) is 5.40. The van der Waals surface area contributed by atoms with Gasteiger partial charge in [-0.05, 0) is 35.4 Å². The first-order valence-electron chi connectivity index (χ1n) is 9.03. The average Bonchev–Trinajstić information content (AvgIpc) is 3.22. The van der Waals surface area contributed by atoms with Crippen molar-refractivity contribution in [1.82, 2.24) is 9.62 Å². The van der Waals surface area contributed by atoms with Crippen LogP contribution in [0.4, 0.5) is 0 Å². The third-order valence-electron chi connectivity index (χ3n) is 4.23. The summed E-state index contributed by atoms with van der Waals surface area (Å²) in [7, 11) is -0.514. The van der Waals surface area contributed by atoms with Gasteiger partial charge in [0.1, 0.15) is 9.96 Å². The van der Waals surface area contributed by atoms with Crippen molar-refractivity contribution in [2.45, 2.75) is 10.8 Å². The van der Waals surface area contributed by atoms with E-state index in [4.69, 9.17) is 16.3 Å². The fourth-order valence-corrected chi connectivity index (χ4v) is 5.28. The van der Waals surface area contributed by atoms with Gasteiger partial charge in [-0.3, -0.25) is 4.79 Å². The van der Waals surface area contributed by atoms with Crippen molar-refractivity contribution in [3.8, 4) is 16.9 Å². The smallest absolute Gasteiger partial charge is 0.258 e. The number of sulfonamides is 1. The number of rotatable bonds is 8. The molecule has 1 N–H and O–H groups in total. The fourth-order valence-electron chi connectivity index (χ4n) is 2.58. The van der Waals surface area contributed by atoms with E-state index in [-0.39, 0.29) is 23.3 Å². The fraction of sp³-hybridized carbons (Fsp3) is 0.190. The molecule has 9 heteroatoms. The Balaban J connectivity index is 1.53. The predicted octanol–water partition coefficient (Wildman–Crippen LogP) is 4.01. The highest BCUT2D eigenvalue weighted by Gasteiger charge is 2.19. The first-order valence-corrected chi connectivity index (χ1v) is 11.7. The number of carbonyl (C=O) groups excluding carboxylic acids is 1. The van der Waals surface area contributed by atoms with Crippen LogP contribution in [0.3, 0.4) is 0 Å². The second-order valence-corrected chi connectivity index (χ2v) is 10.5. The van der Waals surface area contributed by atoms with Crippen LogP contribution in [0.1, 0.15) is 4.88 Å². The molecule has 3 aromatic rings. The highest BCUT2D eigenvalue weighted by Crippen LogP contribution is 2.30. The van der Waals surface area contributed by atoms with Crippen molar-refractivity contribution in [3.63, 3.8) is 0 Å². The van der Waals surface area contributed by atoms with Gasteiger partial charge in [-0.1, -0.05) is 48.0 Å². The quantitative estimate of drug-likeness (QED) is 0.546. The molecule has 0 fully saturated rings. The molecule has 0 unspecified atom stereocenters. The van der Waals surface area contributed by atoms with Gasteiger partial charge in [0.25, 0.3) is 15.9 Å². The summed E-state index contributed by atoms with van der Waals surface area (Å²) < 4.78 is 31.1. The third-order valence-corrected chi connectivity index (χ3v) is 7.89. The number of ether oxygens (including phenoxy) is 1.